The van der Waals surface area contributed by atoms with Crippen molar-refractivity contribution in [1.29, 1.82) is 0 Å². The van der Waals surface area contributed by atoms with Crippen LogP contribution in [0.4, 0.5) is 0 Å². The maximum atomic E-state index is 5.31. The van der Waals surface area contributed by atoms with E-state index in [0.717, 1.165) is 22.5 Å². The Hall–Kier alpha value is -3.39. The summed E-state index contributed by atoms with van der Waals surface area (Å²) in [6.07, 6.45) is 0. The zero-order chi connectivity index (χ0) is 17.5. The maximum absolute atomic E-state index is 5.31. The molecule has 5 rings (SSSR count). The number of benzene rings is 4. The number of rotatable bonds is 2. The van der Waals surface area contributed by atoms with Gasteiger partial charge < -0.3 is 4.74 Å². The lowest BCUT2D eigenvalue weighted by Crippen LogP contribution is -1.91. The summed E-state index contributed by atoms with van der Waals surface area (Å²) < 4.78 is 5.31. The normalized spacial score (nSPS) is 11.3. The number of nitrogens with zero attached hydrogens (tertiary/aromatic N) is 1. The predicted molar refractivity (Wildman–Crippen MR) is 109 cm³/mol. The van der Waals surface area contributed by atoms with Gasteiger partial charge in [0.15, 0.2) is 0 Å². The Morgan fingerprint density at radius 2 is 1.38 bits per heavy atom. The van der Waals surface area contributed by atoms with Crippen molar-refractivity contribution in [3.05, 3.63) is 84.9 Å². The summed E-state index contributed by atoms with van der Waals surface area (Å²) in [6.45, 7) is 0. The molecule has 0 unspecified atom stereocenters. The van der Waals surface area contributed by atoms with E-state index in [4.69, 9.17) is 9.72 Å². The predicted octanol–water partition coefficient (Wildman–Crippen LogP) is 6.22. The molecule has 0 aliphatic heterocycles. The molecule has 0 atom stereocenters. The number of methoxy groups -OCH3 is 1. The minimum absolute atomic E-state index is 0.851. The fraction of sp³-hybridized carbons (Fsp3) is 0.0417. The van der Waals surface area contributed by atoms with Crippen LogP contribution in [0.5, 0.6) is 5.75 Å². The van der Waals surface area contributed by atoms with E-state index in [9.17, 15) is 0 Å². The molecule has 124 valence electrons. The van der Waals surface area contributed by atoms with Crippen molar-refractivity contribution in [3.63, 3.8) is 0 Å². The van der Waals surface area contributed by atoms with Gasteiger partial charge in [-0.15, -0.1) is 0 Å². The third kappa shape index (κ3) is 2.23. The van der Waals surface area contributed by atoms with E-state index >= 15 is 0 Å². The zero-order valence-electron chi connectivity index (χ0n) is 14.4. The molecule has 5 aromatic rings. The van der Waals surface area contributed by atoms with Gasteiger partial charge in [0.05, 0.1) is 18.3 Å². The monoisotopic (exact) mass is 335 g/mol. The molecular weight excluding hydrogens is 318 g/mol. The first-order valence-electron chi connectivity index (χ1n) is 8.70. The molecule has 1 aromatic heterocycles. The van der Waals surface area contributed by atoms with Crippen molar-refractivity contribution in [1.82, 2.24) is 4.98 Å². The third-order valence-electron chi connectivity index (χ3n) is 4.96. The summed E-state index contributed by atoms with van der Waals surface area (Å²) >= 11 is 0. The lowest BCUT2D eigenvalue weighted by molar-refractivity contribution is 0.415. The van der Waals surface area contributed by atoms with Crippen LogP contribution in [0, 0.1) is 0 Å². The standard InChI is InChI=1S/C24H17NO/c1-26-18-13-10-17(11-14-18)24-23-19-7-3-2-6-16(19)12-15-21(23)20-8-4-5-9-22(20)25-24/h2-15H,1H3. The second kappa shape index (κ2) is 5.85. The van der Waals surface area contributed by atoms with Gasteiger partial charge in [-0.1, -0.05) is 54.6 Å². The van der Waals surface area contributed by atoms with E-state index in [2.05, 4.69) is 66.7 Å². The van der Waals surface area contributed by atoms with Crippen LogP contribution >= 0.6 is 0 Å². The van der Waals surface area contributed by atoms with Gasteiger partial charge in [0.25, 0.3) is 0 Å². The fourth-order valence-electron chi connectivity index (χ4n) is 3.68. The number of aromatic nitrogens is 1. The minimum Gasteiger partial charge on any atom is -0.497 e. The Morgan fingerprint density at radius 3 is 2.19 bits per heavy atom. The Balaban J connectivity index is 1.97. The first-order valence-corrected chi connectivity index (χ1v) is 8.70. The molecule has 4 aromatic carbocycles. The summed E-state index contributed by atoms with van der Waals surface area (Å²) in [4.78, 5) is 5.04. The average molecular weight is 335 g/mol. The molecule has 0 saturated heterocycles. The second-order valence-electron chi connectivity index (χ2n) is 6.42. The van der Waals surface area contributed by atoms with Crippen molar-refractivity contribution in [2.24, 2.45) is 0 Å². The molecule has 2 nitrogen and oxygen atoms in total. The summed E-state index contributed by atoms with van der Waals surface area (Å²) in [5.74, 6) is 0.851. The number of para-hydroxylation sites is 1. The van der Waals surface area contributed by atoms with Crippen molar-refractivity contribution < 1.29 is 4.74 Å². The van der Waals surface area contributed by atoms with Crippen LogP contribution in [0.3, 0.4) is 0 Å². The van der Waals surface area contributed by atoms with Crippen LogP contribution in [0.25, 0.3) is 43.7 Å². The Kier molecular flexibility index (Phi) is 3.36. The third-order valence-corrected chi connectivity index (χ3v) is 4.96. The van der Waals surface area contributed by atoms with Crippen molar-refractivity contribution in [2.45, 2.75) is 0 Å². The first kappa shape index (κ1) is 14.9. The molecule has 1 heterocycles. The van der Waals surface area contributed by atoms with Crippen molar-refractivity contribution in [2.75, 3.05) is 7.11 Å². The number of hydrogen-bond donors (Lipinski definition) is 0. The van der Waals surface area contributed by atoms with Crippen LogP contribution in [-0.2, 0) is 0 Å². The van der Waals surface area contributed by atoms with Crippen molar-refractivity contribution in [3.8, 4) is 17.0 Å². The van der Waals surface area contributed by atoms with E-state index in [1.807, 2.05) is 18.2 Å². The summed E-state index contributed by atoms with van der Waals surface area (Å²) in [6, 6.07) is 29.4. The number of hydrogen-bond acceptors (Lipinski definition) is 2. The molecule has 0 saturated carbocycles. The Bertz CT molecular complexity index is 1260. The van der Waals surface area contributed by atoms with Gasteiger partial charge in [0.1, 0.15) is 5.75 Å². The van der Waals surface area contributed by atoms with Gasteiger partial charge in [0.2, 0.25) is 0 Å². The van der Waals surface area contributed by atoms with Gasteiger partial charge in [0, 0.05) is 16.3 Å². The lowest BCUT2D eigenvalue weighted by Gasteiger charge is -2.13. The van der Waals surface area contributed by atoms with Gasteiger partial charge >= 0.3 is 0 Å². The van der Waals surface area contributed by atoms with E-state index < -0.39 is 0 Å². The zero-order valence-corrected chi connectivity index (χ0v) is 14.4. The topological polar surface area (TPSA) is 22.1 Å². The Labute approximate surface area is 151 Å². The van der Waals surface area contributed by atoms with Crippen molar-refractivity contribution >= 4 is 32.4 Å². The van der Waals surface area contributed by atoms with Gasteiger partial charge in [-0.05, 0) is 46.5 Å². The molecule has 26 heavy (non-hydrogen) atoms. The SMILES string of the molecule is COc1ccc(-c2nc3ccccc3c3ccc4ccccc4c23)cc1. The highest BCUT2D eigenvalue weighted by Crippen LogP contribution is 2.37. The summed E-state index contributed by atoms with van der Waals surface area (Å²) in [5.41, 5.74) is 3.12. The molecule has 0 aliphatic rings. The van der Waals surface area contributed by atoms with Crippen LogP contribution in [-0.4, -0.2) is 12.1 Å². The molecule has 0 spiro atoms. The molecule has 0 fully saturated rings. The smallest absolute Gasteiger partial charge is 0.118 e. The molecular formula is C24H17NO. The van der Waals surface area contributed by atoms with Crippen LogP contribution in [0.2, 0.25) is 0 Å². The van der Waals surface area contributed by atoms with E-state index in [0.29, 0.717) is 0 Å². The molecule has 2 heteroatoms. The van der Waals surface area contributed by atoms with Gasteiger partial charge in [-0.2, -0.15) is 0 Å². The minimum atomic E-state index is 0.851. The van der Waals surface area contributed by atoms with E-state index in [-0.39, 0.29) is 0 Å². The second-order valence-corrected chi connectivity index (χ2v) is 6.42. The van der Waals surface area contributed by atoms with E-state index in [1.165, 1.54) is 26.9 Å². The highest BCUT2D eigenvalue weighted by Gasteiger charge is 2.13. The molecule has 0 aliphatic carbocycles. The number of fused-ring (bicyclic) bond motifs is 5. The highest BCUT2D eigenvalue weighted by atomic mass is 16.5. The fourth-order valence-corrected chi connectivity index (χ4v) is 3.68. The van der Waals surface area contributed by atoms with Gasteiger partial charge in [-0.25, -0.2) is 4.98 Å². The molecule has 0 radical (unpaired) electrons. The largest absolute Gasteiger partial charge is 0.497 e. The Morgan fingerprint density at radius 1 is 0.654 bits per heavy atom. The van der Waals surface area contributed by atoms with Crippen LogP contribution in [0.1, 0.15) is 0 Å². The molecule has 0 N–H and O–H groups in total. The van der Waals surface area contributed by atoms with Crippen LogP contribution in [0.15, 0.2) is 84.9 Å². The number of pyridine rings is 1. The number of ether oxygens (including phenoxy) is 1. The molecule has 0 bridgehead atoms. The summed E-state index contributed by atoms with van der Waals surface area (Å²) in [7, 11) is 1.69. The maximum Gasteiger partial charge on any atom is 0.118 e. The van der Waals surface area contributed by atoms with Gasteiger partial charge in [-0.3, -0.25) is 0 Å². The summed E-state index contributed by atoms with van der Waals surface area (Å²) in [5, 5.41) is 6.08. The average Bonchev–Trinajstić information content (AvgIpc) is 2.73. The quantitative estimate of drug-likeness (QED) is 0.357. The first-order chi connectivity index (χ1) is 12.8. The molecule has 0 amide bonds. The van der Waals surface area contributed by atoms with Crippen LogP contribution < -0.4 is 4.74 Å². The van der Waals surface area contributed by atoms with E-state index in [1.54, 1.807) is 7.11 Å². The highest BCUT2D eigenvalue weighted by molar-refractivity contribution is 6.21. The lowest BCUT2D eigenvalue weighted by atomic mass is 9.95.